The molecule has 24 nitrogen and oxygen atoms in total. The number of hydrogen-bond acceptors (Lipinski definition) is 21. The lowest BCUT2D eigenvalue weighted by molar-refractivity contribution is -0.385. The van der Waals surface area contributed by atoms with Crippen LogP contribution < -0.4 is 10.1 Å². The van der Waals surface area contributed by atoms with Crippen molar-refractivity contribution in [2.24, 2.45) is 104 Å². The second-order valence-corrected chi connectivity index (χ2v) is 38.8. The Morgan fingerprint density at radius 2 is 0.851 bits per heavy atom. The van der Waals surface area contributed by atoms with Crippen molar-refractivity contribution in [1.29, 1.82) is 0 Å². The Labute approximate surface area is 674 Å². The predicted octanol–water partition coefficient (Wildman–Crippen LogP) is 15.6. The maximum Gasteiger partial charge on any atom is 0.410 e. The van der Waals surface area contributed by atoms with Crippen LogP contribution in [-0.2, 0) is 38.1 Å². The van der Waals surface area contributed by atoms with Crippen LogP contribution in [0.4, 0.5) is 21.0 Å². The maximum absolute atomic E-state index is 12.8. The quantitative estimate of drug-likeness (QED) is 0.0512. The summed E-state index contributed by atoms with van der Waals surface area (Å²) in [6.07, 6.45) is 31.1. The lowest BCUT2D eigenvalue weighted by Gasteiger charge is -2.63. The van der Waals surface area contributed by atoms with E-state index in [1.54, 1.807) is 18.2 Å². The summed E-state index contributed by atoms with van der Waals surface area (Å²) in [5.74, 6) is 3.76. The molecule has 4 aliphatic heterocycles. The standard InChI is InChI=1S/C30H37NO7.C28H42N2O5.C23H34O4.C7H4ClNO4.CH4/c1-28-12-9-22(38-27(33)18-3-6-21(7-4-18)31(35)36)16-20(28)5-8-25-24(28)10-13-29(2)23(11-14-30(25,29)34)19-15-26(32)37-17-19;1-26-8-5-20(35-25(32)30-13-11-29-12-14-30)16-19(26)3-4-23-22(26)6-9-27(2)21(7-10-28(23,27)33)18-15-24(31)34-17-18;1-21-8-5-16(24)12-15(21)3-4-19-18(21)6-9-22(2)17(7-10-23(19,22)26)14-11-20(25)27-13-14;8-7(10)13-6-3-1-5(2-4-6)9(11)12;/h3-4,6-7,15,20,22-25,34H,5,8-14,16-17H2,1-2H3;15,19-23,29,33H,3-14,16-17H2,1-2H3;11,15-19,24,26H,3-10,12-13H2,1-2H3;1-4H;1H4/t20-,22+,23-,24+,25-,28+,29-,30+;19-,20+,21-,22+,23-,26+,27-,28+;15-,16+,17-,18+,19-,21+,22-,23+;;/m111../s1. The first kappa shape index (κ1) is 83.7. The molecular weight excluding hydrogens is 1480 g/mol. The molecule has 5 N–H and O–H groups in total. The zero-order valence-electron chi connectivity index (χ0n) is 66.6. The van der Waals surface area contributed by atoms with Gasteiger partial charge in [0.15, 0.2) is 0 Å². The molecule has 0 unspecified atom stereocenters. The number of benzene rings is 2. The molecule has 0 aromatic heterocycles. The molecule has 25 heteroatoms. The van der Waals surface area contributed by atoms with Gasteiger partial charge in [-0.05, 0) is 302 Å². The molecule has 1 saturated heterocycles. The Balaban J connectivity index is 0.000000132. The van der Waals surface area contributed by atoms with E-state index in [4.69, 9.17) is 35.3 Å². The number of nitrogens with one attached hydrogen (secondary N) is 1. The third-order valence-electron chi connectivity index (χ3n) is 34.3. The Hall–Kier alpha value is -6.83. The minimum atomic E-state index is -0.978. The van der Waals surface area contributed by atoms with Gasteiger partial charge in [0, 0.05) is 96.5 Å². The fraction of sp³-hybridized carbons (Fsp3) is 0.730. The molecule has 12 aliphatic carbocycles. The highest BCUT2D eigenvalue weighted by Crippen LogP contribution is 2.74. The van der Waals surface area contributed by atoms with E-state index in [0.29, 0.717) is 72.7 Å². The molecule has 4 heterocycles. The van der Waals surface area contributed by atoms with Gasteiger partial charge in [-0.3, -0.25) is 20.2 Å². The summed E-state index contributed by atoms with van der Waals surface area (Å²) in [4.78, 5) is 92.8. The van der Waals surface area contributed by atoms with Crippen molar-refractivity contribution in [3.63, 3.8) is 0 Å². The zero-order chi connectivity index (χ0) is 80.2. The van der Waals surface area contributed by atoms with E-state index in [1.807, 2.05) is 4.90 Å². The van der Waals surface area contributed by atoms with Crippen molar-refractivity contribution in [3.8, 4) is 5.75 Å². The molecule has 24 atom stereocenters. The van der Waals surface area contributed by atoms with Crippen LogP contribution in [0.25, 0.3) is 0 Å². The molecule has 0 bridgehead atoms. The van der Waals surface area contributed by atoms with Crippen LogP contribution in [-0.4, -0.2) is 152 Å². The minimum absolute atomic E-state index is 0. The molecule has 12 saturated carbocycles. The van der Waals surface area contributed by atoms with Gasteiger partial charge in [0.25, 0.3) is 11.4 Å². The number of hydrogen-bond donors (Lipinski definition) is 5. The maximum atomic E-state index is 12.8. The van der Waals surface area contributed by atoms with E-state index in [1.165, 1.54) is 55.0 Å². The number of piperazine rings is 1. The number of halogens is 1. The topological polar surface area (TPSA) is 340 Å². The van der Waals surface area contributed by atoms with E-state index in [0.717, 1.165) is 210 Å². The second-order valence-electron chi connectivity index (χ2n) is 38.5. The van der Waals surface area contributed by atoms with Crippen molar-refractivity contribution < 1.29 is 87.5 Å². The second kappa shape index (κ2) is 31.8. The number of rotatable bonds is 9. The molecule has 2 aromatic carbocycles. The van der Waals surface area contributed by atoms with E-state index in [2.05, 4.69) is 51.6 Å². The summed E-state index contributed by atoms with van der Waals surface area (Å²) >= 11 is 4.92. The van der Waals surface area contributed by atoms with E-state index >= 15 is 0 Å². The number of nitrogens with zero attached hydrogens (tertiary/aromatic N) is 3. The highest BCUT2D eigenvalue weighted by atomic mass is 35.5. The Morgan fingerprint density at radius 3 is 1.22 bits per heavy atom. The average Bonchev–Trinajstić information content (AvgIpc) is 1.32. The van der Waals surface area contributed by atoms with Crippen LogP contribution in [0.3, 0.4) is 0 Å². The number of fused-ring (bicyclic) bond motifs is 15. The Bertz CT molecular complexity index is 4130. The fourth-order valence-electron chi connectivity index (χ4n) is 28.1. The van der Waals surface area contributed by atoms with Crippen molar-refractivity contribution in [1.82, 2.24) is 10.2 Å². The monoisotopic (exact) mass is 1600 g/mol. The Kier molecular flexibility index (Phi) is 23.3. The predicted molar refractivity (Wildman–Crippen MR) is 422 cm³/mol. The van der Waals surface area contributed by atoms with Gasteiger partial charge in [-0.2, -0.15) is 0 Å². The van der Waals surface area contributed by atoms with Crippen LogP contribution in [0, 0.1) is 124 Å². The van der Waals surface area contributed by atoms with Crippen molar-refractivity contribution >= 4 is 58.4 Å². The van der Waals surface area contributed by atoms with Gasteiger partial charge >= 0.3 is 35.4 Å². The summed E-state index contributed by atoms with van der Waals surface area (Å²) in [6.45, 7) is 18.4. The van der Waals surface area contributed by atoms with Gasteiger partial charge in [0.1, 0.15) is 37.8 Å². The van der Waals surface area contributed by atoms with Crippen LogP contribution in [0.5, 0.6) is 5.75 Å². The first-order valence-electron chi connectivity index (χ1n) is 42.4. The third kappa shape index (κ3) is 14.5. The Morgan fingerprint density at radius 1 is 0.482 bits per heavy atom. The number of amides is 1. The number of aliphatic hydroxyl groups is 4. The highest BCUT2D eigenvalue weighted by molar-refractivity contribution is 6.61. The highest BCUT2D eigenvalue weighted by Gasteiger charge is 2.72. The third-order valence-corrected chi connectivity index (χ3v) is 34.4. The van der Waals surface area contributed by atoms with Crippen molar-refractivity contribution in [2.45, 2.75) is 257 Å². The molecule has 18 rings (SSSR count). The number of nitro groups is 2. The molecule has 2 aromatic rings. The van der Waals surface area contributed by atoms with E-state index in [-0.39, 0.29) is 123 Å². The van der Waals surface area contributed by atoms with Gasteiger partial charge in [-0.1, -0.05) is 49.0 Å². The molecule has 0 radical (unpaired) electrons. The summed E-state index contributed by atoms with van der Waals surface area (Å²) in [7, 11) is 0. The molecular formula is C89H121ClN4O20. The number of cyclic esters (lactones) is 3. The van der Waals surface area contributed by atoms with Gasteiger partial charge in [0.05, 0.1) is 38.3 Å². The molecule has 1 amide bonds. The van der Waals surface area contributed by atoms with Gasteiger partial charge < -0.3 is 59.1 Å². The summed E-state index contributed by atoms with van der Waals surface area (Å²) < 4.78 is 32.0. The van der Waals surface area contributed by atoms with Crippen LogP contribution in [0.15, 0.2) is 83.5 Å². The van der Waals surface area contributed by atoms with Gasteiger partial charge in [0.2, 0.25) is 0 Å². The average molecular weight is 1600 g/mol. The summed E-state index contributed by atoms with van der Waals surface area (Å²) in [5.41, 5.74) is 0.442. The number of nitro benzene ring substituents is 2. The van der Waals surface area contributed by atoms with Crippen LogP contribution in [0.2, 0.25) is 0 Å². The van der Waals surface area contributed by atoms with Crippen molar-refractivity contribution in [2.75, 3.05) is 46.0 Å². The SMILES string of the molecule is C.C[C@]12CC[C@H](O)C[C@H]1CC[C@@H]1[C@@H]2CC[C@]2(C)[C@@H](C3=CC(=O)OC3)CC[C@]12O.C[C@]12CC[C@H](OC(=O)N3CCNCC3)C[C@H]1CC[C@@H]1[C@@H]2CC[C@]2(C)[C@@H](C3=CC(=O)OC3)CC[C@]12O.C[C@]12CC[C@H](OC(=O)c3ccc([N+](=O)[O-])cc3)C[C@H]1CC[C@@H]1[C@@H]2CC[C@]2(C)[C@@H](C3=CC(=O)OC3)CC[C@]12O.O=C(Cl)Oc1ccc([N+](=O)[O-])cc1. The zero-order valence-corrected chi connectivity index (χ0v) is 67.3. The summed E-state index contributed by atoms with van der Waals surface area (Å²) in [6, 6.07) is 10.6. The fourth-order valence-corrected chi connectivity index (χ4v) is 28.2. The lowest BCUT2D eigenvalue weighted by Crippen LogP contribution is -2.62. The largest absolute Gasteiger partial charge is 0.459 e. The number of esters is 4. The van der Waals surface area contributed by atoms with Crippen LogP contribution >= 0.6 is 11.6 Å². The summed E-state index contributed by atoms with van der Waals surface area (Å²) in [5, 5.41) is 71.4. The molecule has 16 aliphatic rings. The number of non-ortho nitro benzene ring substituents is 2. The normalized spacial score (nSPS) is 42.4. The minimum Gasteiger partial charge on any atom is -0.459 e. The smallest absolute Gasteiger partial charge is 0.410 e. The first-order valence-corrected chi connectivity index (χ1v) is 42.7. The number of carbonyl (C=O) groups is 6. The number of carbonyl (C=O) groups excluding carboxylic acids is 6. The molecule has 114 heavy (non-hydrogen) atoms. The van der Waals surface area contributed by atoms with Gasteiger partial charge in [-0.25, -0.2) is 28.8 Å². The van der Waals surface area contributed by atoms with E-state index < -0.39 is 38.0 Å². The molecule has 13 fully saturated rings. The van der Waals surface area contributed by atoms with Crippen molar-refractivity contribution in [3.05, 3.63) is 109 Å². The number of ether oxygens (including phenoxy) is 6. The van der Waals surface area contributed by atoms with Gasteiger partial charge in [-0.15, -0.1) is 0 Å². The molecule has 624 valence electrons. The molecule has 0 spiro atoms. The van der Waals surface area contributed by atoms with E-state index in [9.17, 15) is 69.4 Å². The lowest BCUT2D eigenvalue weighted by atomic mass is 9.43. The van der Waals surface area contributed by atoms with Crippen LogP contribution in [0.1, 0.15) is 233 Å². The first-order chi connectivity index (χ1) is 53.7. The number of aliphatic hydroxyl groups excluding tert-OH is 1.